The van der Waals surface area contributed by atoms with Crippen LogP contribution in [0.3, 0.4) is 0 Å². The number of amides is 1. The van der Waals surface area contributed by atoms with E-state index in [1.807, 2.05) is 24.3 Å². The zero-order valence-electron chi connectivity index (χ0n) is 7.69. The van der Waals surface area contributed by atoms with Crippen molar-refractivity contribution in [1.29, 1.82) is 0 Å². The normalized spacial score (nSPS) is 9.79. The highest BCUT2D eigenvalue weighted by atomic mass is 16.4. The molecule has 0 fully saturated rings. The summed E-state index contributed by atoms with van der Waals surface area (Å²) in [5.41, 5.74) is 1.87. The lowest BCUT2D eigenvalue weighted by Crippen LogP contribution is -2.37. The summed E-state index contributed by atoms with van der Waals surface area (Å²) in [5, 5.41) is 21.0. The molecule has 0 saturated carbocycles. The van der Waals surface area contributed by atoms with E-state index in [2.05, 4.69) is 5.32 Å². The van der Waals surface area contributed by atoms with Crippen molar-refractivity contribution in [1.82, 2.24) is 5.32 Å². The summed E-state index contributed by atoms with van der Waals surface area (Å²) in [4.78, 5) is 10.0. The van der Waals surface area contributed by atoms with Crippen molar-refractivity contribution in [2.75, 3.05) is 6.54 Å². The Balaban J connectivity index is 2.40. The molecule has 0 aliphatic rings. The first-order valence-electron chi connectivity index (χ1n) is 4.36. The van der Waals surface area contributed by atoms with Crippen LogP contribution in [0.1, 0.15) is 11.1 Å². The highest BCUT2D eigenvalue weighted by Gasteiger charge is 1.93. The molecule has 0 aliphatic heterocycles. The molecule has 0 unspecified atom stereocenters. The van der Waals surface area contributed by atoms with Crippen LogP contribution in [0.2, 0.25) is 0 Å². The summed E-state index contributed by atoms with van der Waals surface area (Å²) in [6.45, 7) is 0.373. The number of nitrogens with one attached hydrogen (secondary N) is 1. The molecule has 0 aliphatic carbocycles. The van der Waals surface area contributed by atoms with Crippen LogP contribution >= 0.6 is 0 Å². The third-order valence-electron chi connectivity index (χ3n) is 1.89. The van der Waals surface area contributed by atoms with Crippen LogP contribution in [0.5, 0.6) is 0 Å². The largest absolute Gasteiger partial charge is 0.530 e. The Morgan fingerprint density at radius 2 is 1.86 bits per heavy atom. The maximum absolute atomic E-state index is 10.0. The SMILES string of the molecule is O=C([O-])NCCc1ccc(CO)cc1. The van der Waals surface area contributed by atoms with E-state index in [0.29, 0.717) is 13.0 Å². The molecule has 1 aromatic rings. The quantitative estimate of drug-likeness (QED) is 0.688. The summed E-state index contributed by atoms with van der Waals surface area (Å²) in [5.74, 6) is 0. The predicted octanol–water partition coefficient (Wildman–Crippen LogP) is -0.346. The molecule has 1 aromatic carbocycles. The fourth-order valence-corrected chi connectivity index (χ4v) is 1.12. The van der Waals surface area contributed by atoms with Crippen molar-refractivity contribution >= 4 is 6.09 Å². The van der Waals surface area contributed by atoms with Gasteiger partial charge in [0.2, 0.25) is 0 Å². The third-order valence-corrected chi connectivity index (χ3v) is 1.89. The van der Waals surface area contributed by atoms with E-state index in [1.54, 1.807) is 0 Å². The van der Waals surface area contributed by atoms with E-state index in [0.717, 1.165) is 11.1 Å². The van der Waals surface area contributed by atoms with Crippen LogP contribution in [-0.2, 0) is 13.0 Å². The summed E-state index contributed by atoms with van der Waals surface area (Å²) < 4.78 is 0. The number of hydrogen-bond donors (Lipinski definition) is 2. The Hall–Kier alpha value is -1.55. The first kappa shape index (κ1) is 10.5. The van der Waals surface area contributed by atoms with Gasteiger partial charge in [0.1, 0.15) is 6.09 Å². The van der Waals surface area contributed by atoms with Crippen molar-refractivity contribution in [3.05, 3.63) is 35.4 Å². The highest BCUT2D eigenvalue weighted by Crippen LogP contribution is 2.04. The Morgan fingerprint density at radius 3 is 2.36 bits per heavy atom. The molecule has 76 valence electrons. The van der Waals surface area contributed by atoms with Gasteiger partial charge in [-0.15, -0.1) is 0 Å². The molecule has 0 bridgehead atoms. The van der Waals surface area contributed by atoms with Gasteiger partial charge in [-0.3, -0.25) is 0 Å². The number of aliphatic hydroxyl groups is 1. The molecule has 1 amide bonds. The number of hydrogen-bond acceptors (Lipinski definition) is 3. The van der Waals surface area contributed by atoms with Crippen molar-refractivity contribution < 1.29 is 15.0 Å². The summed E-state index contributed by atoms with van der Waals surface area (Å²) >= 11 is 0. The van der Waals surface area contributed by atoms with E-state index >= 15 is 0 Å². The van der Waals surface area contributed by atoms with Gasteiger partial charge < -0.3 is 20.3 Å². The Morgan fingerprint density at radius 1 is 1.29 bits per heavy atom. The zero-order valence-corrected chi connectivity index (χ0v) is 7.69. The molecular weight excluding hydrogens is 182 g/mol. The summed E-state index contributed by atoms with van der Waals surface area (Å²) in [6, 6.07) is 7.35. The standard InChI is InChI=1S/C10H13NO3/c12-7-9-3-1-8(2-4-9)5-6-11-10(13)14/h1-4,11-12H,5-7H2,(H,13,14)/p-1. The van der Waals surface area contributed by atoms with Crippen molar-refractivity contribution in [2.24, 2.45) is 0 Å². The highest BCUT2D eigenvalue weighted by molar-refractivity contribution is 5.61. The lowest BCUT2D eigenvalue weighted by atomic mass is 10.1. The lowest BCUT2D eigenvalue weighted by molar-refractivity contribution is -0.250. The van der Waals surface area contributed by atoms with Crippen LogP contribution in [0.4, 0.5) is 4.79 Å². The number of carboxylic acid groups (broad SMARTS) is 1. The molecule has 2 N–H and O–H groups in total. The minimum Gasteiger partial charge on any atom is -0.530 e. The number of benzene rings is 1. The molecule has 14 heavy (non-hydrogen) atoms. The van der Waals surface area contributed by atoms with Crippen LogP contribution in [0.25, 0.3) is 0 Å². The molecule has 4 heteroatoms. The van der Waals surface area contributed by atoms with Gasteiger partial charge in [0, 0.05) is 6.54 Å². The molecule has 0 atom stereocenters. The van der Waals surface area contributed by atoms with Crippen molar-refractivity contribution in [3.63, 3.8) is 0 Å². The van der Waals surface area contributed by atoms with Gasteiger partial charge in [-0.1, -0.05) is 24.3 Å². The molecular formula is C10H12NO3-. The lowest BCUT2D eigenvalue weighted by Gasteiger charge is -2.06. The monoisotopic (exact) mass is 194 g/mol. The average Bonchev–Trinajstić information content (AvgIpc) is 2.18. The molecule has 4 nitrogen and oxygen atoms in total. The van der Waals surface area contributed by atoms with E-state index in [4.69, 9.17) is 5.11 Å². The molecule has 1 rings (SSSR count). The first-order chi connectivity index (χ1) is 6.72. The molecule has 0 spiro atoms. The second-order valence-corrected chi connectivity index (χ2v) is 2.94. The van der Waals surface area contributed by atoms with Crippen molar-refractivity contribution in [2.45, 2.75) is 13.0 Å². The third kappa shape index (κ3) is 3.45. The Bertz CT molecular complexity index is 295. The fraction of sp³-hybridized carbons (Fsp3) is 0.300. The van der Waals surface area contributed by atoms with E-state index in [1.165, 1.54) is 0 Å². The summed E-state index contributed by atoms with van der Waals surface area (Å²) in [6.07, 6.45) is -0.628. The van der Waals surface area contributed by atoms with E-state index in [-0.39, 0.29) is 6.61 Å². The Labute approximate surface area is 82.2 Å². The minimum absolute atomic E-state index is 0.0254. The summed E-state index contributed by atoms with van der Waals surface area (Å²) in [7, 11) is 0. The van der Waals surface area contributed by atoms with Gasteiger partial charge in [-0.05, 0) is 17.5 Å². The maximum Gasteiger partial charge on any atom is 0.134 e. The first-order valence-corrected chi connectivity index (χ1v) is 4.36. The van der Waals surface area contributed by atoms with Gasteiger partial charge in [0.05, 0.1) is 6.61 Å². The number of carbonyl (C=O) groups excluding carboxylic acids is 1. The number of carbonyl (C=O) groups is 1. The molecule has 0 aromatic heterocycles. The number of aliphatic hydroxyl groups excluding tert-OH is 1. The zero-order chi connectivity index (χ0) is 10.4. The van der Waals surface area contributed by atoms with Gasteiger partial charge in [0.25, 0.3) is 0 Å². The Kier molecular flexibility index (Phi) is 3.94. The minimum atomic E-state index is -1.25. The molecule has 0 heterocycles. The van der Waals surface area contributed by atoms with Crippen LogP contribution in [0.15, 0.2) is 24.3 Å². The van der Waals surface area contributed by atoms with Crippen LogP contribution in [-0.4, -0.2) is 17.7 Å². The average molecular weight is 194 g/mol. The van der Waals surface area contributed by atoms with E-state index < -0.39 is 6.09 Å². The van der Waals surface area contributed by atoms with Gasteiger partial charge >= 0.3 is 0 Å². The second kappa shape index (κ2) is 5.24. The van der Waals surface area contributed by atoms with E-state index in [9.17, 15) is 9.90 Å². The topological polar surface area (TPSA) is 72.4 Å². The maximum atomic E-state index is 10.0. The van der Waals surface area contributed by atoms with Crippen LogP contribution < -0.4 is 10.4 Å². The van der Waals surface area contributed by atoms with Crippen LogP contribution in [0, 0.1) is 0 Å². The van der Waals surface area contributed by atoms with Gasteiger partial charge in [-0.2, -0.15) is 0 Å². The van der Waals surface area contributed by atoms with Crippen molar-refractivity contribution in [3.8, 4) is 0 Å². The van der Waals surface area contributed by atoms with Gasteiger partial charge in [-0.25, -0.2) is 0 Å². The molecule has 0 radical (unpaired) electrons. The second-order valence-electron chi connectivity index (χ2n) is 2.94. The fourth-order valence-electron chi connectivity index (χ4n) is 1.12. The molecule has 0 saturated heterocycles. The number of rotatable bonds is 4. The predicted molar refractivity (Wildman–Crippen MR) is 49.5 cm³/mol. The van der Waals surface area contributed by atoms with Gasteiger partial charge in [0.15, 0.2) is 0 Å². The smallest absolute Gasteiger partial charge is 0.134 e.